The third kappa shape index (κ3) is 2.35. The summed E-state index contributed by atoms with van der Waals surface area (Å²) in [7, 11) is 1.64. The van der Waals surface area contributed by atoms with Gasteiger partial charge in [-0.1, -0.05) is 23.8 Å². The van der Waals surface area contributed by atoms with E-state index in [0.29, 0.717) is 16.5 Å². The summed E-state index contributed by atoms with van der Waals surface area (Å²) in [5, 5.41) is 0.504. The molecule has 3 aromatic rings. The third-order valence-corrected chi connectivity index (χ3v) is 3.76. The molecule has 0 unspecified atom stereocenters. The largest absolute Gasteiger partial charge is 0.331 e. The quantitative estimate of drug-likeness (QED) is 0.728. The van der Waals surface area contributed by atoms with Crippen LogP contribution in [0.4, 0.5) is 4.39 Å². The highest BCUT2D eigenvalue weighted by Crippen LogP contribution is 2.10. The smallest absolute Gasteiger partial charge is 0.296 e. The molecule has 0 fully saturated rings. The predicted molar refractivity (Wildman–Crippen MR) is 83.7 cm³/mol. The molecule has 0 atom stereocenters. The zero-order chi connectivity index (χ0) is 15.9. The van der Waals surface area contributed by atoms with Gasteiger partial charge in [0.25, 0.3) is 5.56 Å². The molecule has 3 rings (SSSR count). The normalized spacial score (nSPS) is 11.0. The lowest BCUT2D eigenvalue weighted by molar-refractivity contribution is 0.623. The summed E-state index contributed by atoms with van der Waals surface area (Å²) in [6, 6.07) is 11.2. The molecule has 4 nitrogen and oxygen atoms in total. The van der Waals surface area contributed by atoms with Crippen molar-refractivity contribution in [2.45, 2.75) is 13.5 Å². The number of rotatable bonds is 2. The fourth-order valence-electron chi connectivity index (χ4n) is 2.54. The van der Waals surface area contributed by atoms with Crippen molar-refractivity contribution in [1.29, 1.82) is 0 Å². The molecule has 5 heteroatoms. The van der Waals surface area contributed by atoms with Crippen LogP contribution in [0.1, 0.15) is 11.1 Å². The van der Waals surface area contributed by atoms with E-state index in [9.17, 15) is 14.0 Å². The summed E-state index contributed by atoms with van der Waals surface area (Å²) in [5.41, 5.74) is 1.55. The van der Waals surface area contributed by atoms with Crippen LogP contribution in [0, 0.1) is 12.7 Å². The lowest BCUT2D eigenvalue weighted by Gasteiger charge is -2.11. The number of aryl methyl sites for hydroxylation is 2. The van der Waals surface area contributed by atoms with Gasteiger partial charge < -0.3 is 0 Å². The van der Waals surface area contributed by atoms with Crippen molar-refractivity contribution in [2.75, 3.05) is 0 Å². The minimum absolute atomic E-state index is 0.121. The van der Waals surface area contributed by atoms with E-state index in [2.05, 4.69) is 0 Å². The Hall–Kier alpha value is -2.69. The Bertz CT molecular complexity index is 969. The van der Waals surface area contributed by atoms with E-state index < -0.39 is 0 Å². The summed E-state index contributed by atoms with van der Waals surface area (Å²) in [6.07, 6.45) is 0. The average molecular weight is 298 g/mol. The van der Waals surface area contributed by atoms with Crippen molar-refractivity contribution < 1.29 is 4.39 Å². The van der Waals surface area contributed by atoms with E-state index in [1.807, 2.05) is 13.0 Å². The van der Waals surface area contributed by atoms with Gasteiger partial charge in [-0.15, -0.1) is 0 Å². The second-order valence-corrected chi connectivity index (χ2v) is 5.38. The number of fused-ring (bicyclic) bond motifs is 1. The molecule has 0 N–H and O–H groups in total. The molecule has 22 heavy (non-hydrogen) atoms. The summed E-state index contributed by atoms with van der Waals surface area (Å²) in [5.74, 6) is -0.349. The van der Waals surface area contributed by atoms with Crippen LogP contribution in [-0.4, -0.2) is 9.13 Å². The van der Waals surface area contributed by atoms with Gasteiger partial charge in [-0.3, -0.25) is 13.9 Å². The van der Waals surface area contributed by atoms with E-state index in [0.717, 1.165) is 5.56 Å². The van der Waals surface area contributed by atoms with Gasteiger partial charge in [0, 0.05) is 7.05 Å². The molecule has 112 valence electrons. The van der Waals surface area contributed by atoms with E-state index in [4.69, 9.17) is 0 Å². The van der Waals surface area contributed by atoms with Crippen LogP contribution < -0.4 is 11.2 Å². The summed E-state index contributed by atoms with van der Waals surface area (Å²) in [6.45, 7) is 2.02. The minimum atomic E-state index is -0.384. The summed E-state index contributed by atoms with van der Waals surface area (Å²) >= 11 is 0. The summed E-state index contributed by atoms with van der Waals surface area (Å²) in [4.78, 5) is 25.0. The second-order valence-electron chi connectivity index (χ2n) is 5.38. The summed E-state index contributed by atoms with van der Waals surface area (Å²) < 4.78 is 15.6. The van der Waals surface area contributed by atoms with E-state index >= 15 is 0 Å². The van der Waals surface area contributed by atoms with Crippen LogP contribution in [0.25, 0.3) is 10.9 Å². The highest BCUT2D eigenvalue weighted by atomic mass is 19.1. The Morgan fingerprint density at radius 3 is 2.41 bits per heavy atom. The molecular formula is C17H15FN2O2. The molecule has 0 saturated heterocycles. The van der Waals surface area contributed by atoms with Crippen molar-refractivity contribution in [3.8, 4) is 0 Å². The highest BCUT2D eigenvalue weighted by Gasteiger charge is 2.11. The fraction of sp³-hybridized carbons (Fsp3) is 0.176. The molecule has 0 spiro atoms. The van der Waals surface area contributed by atoms with Gasteiger partial charge in [0.05, 0.1) is 17.4 Å². The number of hydrogen-bond acceptors (Lipinski definition) is 2. The van der Waals surface area contributed by atoms with Gasteiger partial charge in [-0.05, 0) is 36.8 Å². The molecule has 0 saturated carbocycles. The Morgan fingerprint density at radius 1 is 1.05 bits per heavy atom. The lowest BCUT2D eigenvalue weighted by atomic mass is 10.1. The van der Waals surface area contributed by atoms with Crippen molar-refractivity contribution in [1.82, 2.24) is 9.13 Å². The zero-order valence-corrected chi connectivity index (χ0v) is 12.3. The molecule has 2 aromatic carbocycles. The number of hydrogen-bond donors (Lipinski definition) is 0. The van der Waals surface area contributed by atoms with Crippen LogP contribution in [0.2, 0.25) is 0 Å². The molecule has 0 aliphatic rings. The first kappa shape index (κ1) is 14.3. The van der Waals surface area contributed by atoms with Crippen LogP contribution in [-0.2, 0) is 13.6 Å². The van der Waals surface area contributed by atoms with Crippen LogP contribution in [0.15, 0.2) is 52.1 Å². The van der Waals surface area contributed by atoms with E-state index in [1.165, 1.54) is 21.3 Å². The van der Waals surface area contributed by atoms with Crippen molar-refractivity contribution in [3.63, 3.8) is 0 Å². The number of benzene rings is 2. The topological polar surface area (TPSA) is 44.0 Å². The van der Waals surface area contributed by atoms with Gasteiger partial charge in [-0.2, -0.15) is 0 Å². The van der Waals surface area contributed by atoms with Crippen molar-refractivity contribution in [2.24, 2.45) is 7.05 Å². The first-order valence-electron chi connectivity index (χ1n) is 6.92. The Morgan fingerprint density at radius 2 is 1.73 bits per heavy atom. The van der Waals surface area contributed by atoms with Gasteiger partial charge in [0.1, 0.15) is 5.82 Å². The number of nitrogens with zero attached hydrogens (tertiary/aromatic N) is 2. The average Bonchev–Trinajstić information content (AvgIpc) is 2.51. The Balaban J connectivity index is 2.23. The first-order chi connectivity index (χ1) is 10.5. The third-order valence-electron chi connectivity index (χ3n) is 3.76. The first-order valence-corrected chi connectivity index (χ1v) is 6.92. The number of halogens is 1. The lowest BCUT2D eigenvalue weighted by Crippen LogP contribution is -2.39. The van der Waals surface area contributed by atoms with Gasteiger partial charge >= 0.3 is 5.69 Å². The van der Waals surface area contributed by atoms with Crippen molar-refractivity contribution >= 4 is 10.9 Å². The van der Waals surface area contributed by atoms with Gasteiger partial charge in [0.2, 0.25) is 0 Å². The molecule has 1 heterocycles. The van der Waals surface area contributed by atoms with Crippen LogP contribution in [0.5, 0.6) is 0 Å². The highest BCUT2D eigenvalue weighted by molar-refractivity contribution is 5.78. The molecule has 0 aliphatic heterocycles. The Labute approximate surface area is 126 Å². The maximum Gasteiger partial charge on any atom is 0.331 e. The van der Waals surface area contributed by atoms with Crippen LogP contribution in [0.3, 0.4) is 0 Å². The van der Waals surface area contributed by atoms with Crippen LogP contribution >= 0.6 is 0 Å². The molecule has 1 aromatic heterocycles. The molecule has 0 amide bonds. The molecule has 0 aliphatic carbocycles. The van der Waals surface area contributed by atoms with E-state index in [-0.39, 0.29) is 23.6 Å². The fourth-order valence-corrected chi connectivity index (χ4v) is 2.54. The zero-order valence-electron chi connectivity index (χ0n) is 12.3. The number of aromatic nitrogens is 2. The monoisotopic (exact) mass is 298 g/mol. The SMILES string of the molecule is Cc1ccc2c(c1)c(=O)n(Cc1ccc(F)cc1)c(=O)n2C. The maximum atomic E-state index is 13.0. The maximum absolute atomic E-state index is 13.0. The van der Waals surface area contributed by atoms with Gasteiger partial charge in [-0.25, -0.2) is 9.18 Å². The predicted octanol–water partition coefficient (Wildman–Crippen LogP) is 2.20. The van der Waals surface area contributed by atoms with E-state index in [1.54, 1.807) is 31.3 Å². The standard InChI is InChI=1S/C17H15FN2O2/c1-11-3-8-15-14(9-11)16(21)20(17(22)19(15)2)10-12-4-6-13(18)7-5-12/h3-9H,10H2,1-2H3. The molecule has 0 radical (unpaired) electrons. The molecular weight excluding hydrogens is 283 g/mol. The minimum Gasteiger partial charge on any atom is -0.296 e. The van der Waals surface area contributed by atoms with Crippen molar-refractivity contribution in [3.05, 3.63) is 80.2 Å². The van der Waals surface area contributed by atoms with Gasteiger partial charge in [0.15, 0.2) is 0 Å². The Kier molecular flexibility index (Phi) is 3.41. The molecule has 0 bridgehead atoms. The second kappa shape index (κ2) is 5.26.